The van der Waals surface area contributed by atoms with Crippen molar-refractivity contribution in [1.29, 1.82) is 0 Å². The van der Waals surface area contributed by atoms with Crippen molar-refractivity contribution >= 4 is 68.5 Å². The molecule has 2 aliphatic heterocycles. The highest BCUT2D eigenvalue weighted by molar-refractivity contribution is 7.99. The third kappa shape index (κ3) is 6.22. The number of benzene rings is 2. The summed E-state index contributed by atoms with van der Waals surface area (Å²) in [6.07, 6.45) is 9.76. The number of likely N-dealkylation sites (N-methyl/N-ethyl adjacent to an activating group) is 1. The van der Waals surface area contributed by atoms with E-state index < -0.39 is 0 Å². The van der Waals surface area contributed by atoms with Gasteiger partial charge in [0.1, 0.15) is 22.7 Å². The lowest BCUT2D eigenvalue weighted by molar-refractivity contribution is 0.0982. The van der Waals surface area contributed by atoms with Crippen molar-refractivity contribution in [1.82, 2.24) is 34.7 Å². The molecule has 2 N–H and O–H groups in total. The van der Waals surface area contributed by atoms with Gasteiger partial charge in [0, 0.05) is 96.0 Å². The number of methoxy groups -OCH3 is 1. The van der Waals surface area contributed by atoms with Gasteiger partial charge in [0.25, 0.3) is 0 Å². The number of H-pyrrole nitrogens is 1. The zero-order valence-electron chi connectivity index (χ0n) is 27.8. The molecule has 3 aromatic heterocycles. The zero-order valence-corrected chi connectivity index (χ0v) is 28.6. The Balaban J connectivity index is 1.14. The van der Waals surface area contributed by atoms with Crippen molar-refractivity contribution in [2.24, 2.45) is 0 Å². The van der Waals surface area contributed by atoms with E-state index in [-0.39, 0.29) is 0 Å². The zero-order chi connectivity index (χ0) is 32.5. The summed E-state index contributed by atoms with van der Waals surface area (Å²) >= 11 is 1.62. The van der Waals surface area contributed by atoms with Crippen LogP contribution >= 0.6 is 11.9 Å². The minimum Gasteiger partial charge on any atom is -0.494 e. The van der Waals surface area contributed by atoms with E-state index in [1.165, 1.54) is 44.7 Å². The number of fused-ring (bicyclic) bond motifs is 2. The summed E-state index contributed by atoms with van der Waals surface area (Å²) in [4.78, 5) is 32.0. The first-order valence-electron chi connectivity index (χ1n) is 16.2. The van der Waals surface area contributed by atoms with Crippen LogP contribution in [-0.2, 0) is 0 Å². The fourth-order valence-electron chi connectivity index (χ4n) is 6.81. The molecule has 12 nitrogen and oxygen atoms in total. The fraction of sp³-hybridized carbons (Fsp3) is 0.412. The molecule has 0 radical (unpaired) electrons. The minimum absolute atomic E-state index is 0.473. The lowest BCUT2D eigenvalue weighted by Gasteiger charge is -2.42. The number of aromatic amines is 1. The van der Waals surface area contributed by atoms with E-state index in [0.29, 0.717) is 12.0 Å². The standard InChI is InChI=1S/C34H43N11OS/c1-41-18-20-45(21-19-41)23-11-16-44(17-12-23)24-6-7-26(29(22-24)46-4)38-34-39-32-25(10-13-37-32)33(40-34)42(2)28-9-8-27-30(36-15-14-35-27)31(28)43(3)47-5/h6-10,13-15,22-23H,11-12,16-21H2,1-5H3,(H2,37,38,39,40). The summed E-state index contributed by atoms with van der Waals surface area (Å²) in [7, 11) is 7.99. The number of ether oxygens (including phenoxy) is 1. The van der Waals surface area contributed by atoms with Crippen molar-refractivity contribution in [3.8, 4) is 5.75 Å². The van der Waals surface area contributed by atoms with E-state index in [0.717, 1.165) is 63.8 Å². The average Bonchev–Trinajstić information content (AvgIpc) is 3.59. The van der Waals surface area contributed by atoms with E-state index >= 15 is 0 Å². The van der Waals surface area contributed by atoms with Crippen molar-refractivity contribution < 1.29 is 4.74 Å². The molecule has 7 rings (SSSR count). The molecule has 0 amide bonds. The second-order valence-electron chi connectivity index (χ2n) is 12.3. The van der Waals surface area contributed by atoms with E-state index in [9.17, 15) is 0 Å². The molecule has 13 heteroatoms. The second kappa shape index (κ2) is 13.4. The van der Waals surface area contributed by atoms with E-state index in [1.807, 2.05) is 38.7 Å². The predicted octanol–water partition coefficient (Wildman–Crippen LogP) is 5.35. The lowest BCUT2D eigenvalue weighted by atomic mass is 10.0. The molecular weight excluding hydrogens is 611 g/mol. The topological polar surface area (TPSA) is 105 Å². The molecule has 2 saturated heterocycles. The number of piperazine rings is 1. The number of hydrogen-bond acceptors (Lipinski definition) is 12. The maximum Gasteiger partial charge on any atom is 0.231 e. The first-order valence-corrected chi connectivity index (χ1v) is 17.3. The Hall–Kier alpha value is -4.33. The van der Waals surface area contributed by atoms with Gasteiger partial charge in [-0.1, -0.05) is 11.9 Å². The normalized spacial score (nSPS) is 16.6. The van der Waals surface area contributed by atoms with Crippen molar-refractivity contribution in [2.75, 3.05) is 93.2 Å². The van der Waals surface area contributed by atoms with Gasteiger partial charge in [0.2, 0.25) is 5.95 Å². The number of piperidine rings is 1. The molecule has 0 spiro atoms. The van der Waals surface area contributed by atoms with Crippen molar-refractivity contribution in [2.45, 2.75) is 18.9 Å². The van der Waals surface area contributed by atoms with Gasteiger partial charge in [-0.3, -0.25) is 14.9 Å². The highest BCUT2D eigenvalue weighted by Gasteiger charge is 2.27. The molecule has 0 saturated carbocycles. The summed E-state index contributed by atoms with van der Waals surface area (Å²) in [5.74, 6) is 1.99. The van der Waals surface area contributed by atoms with Gasteiger partial charge in [-0.05, 0) is 50.2 Å². The third-order valence-electron chi connectivity index (χ3n) is 9.57. The van der Waals surface area contributed by atoms with Gasteiger partial charge in [-0.25, -0.2) is 0 Å². The van der Waals surface area contributed by atoms with Crippen LogP contribution in [0.15, 0.2) is 55.0 Å². The van der Waals surface area contributed by atoms with E-state index in [4.69, 9.17) is 14.7 Å². The molecule has 5 heterocycles. The largest absolute Gasteiger partial charge is 0.494 e. The molecule has 2 fully saturated rings. The van der Waals surface area contributed by atoms with Crippen LogP contribution in [0.5, 0.6) is 5.75 Å². The smallest absolute Gasteiger partial charge is 0.231 e. The Bertz CT molecular complexity index is 1850. The fourth-order valence-corrected chi connectivity index (χ4v) is 7.17. The summed E-state index contributed by atoms with van der Waals surface area (Å²) < 4.78 is 8.00. The Morgan fingerprint density at radius 3 is 2.51 bits per heavy atom. The summed E-state index contributed by atoms with van der Waals surface area (Å²) in [5, 5.41) is 4.37. The van der Waals surface area contributed by atoms with Crippen LogP contribution < -0.4 is 24.2 Å². The van der Waals surface area contributed by atoms with Gasteiger partial charge in [-0.2, -0.15) is 9.97 Å². The van der Waals surface area contributed by atoms with Crippen LogP contribution in [0, 0.1) is 0 Å². The van der Waals surface area contributed by atoms with Gasteiger partial charge in [0.05, 0.1) is 35.1 Å². The molecule has 2 aromatic carbocycles. The minimum atomic E-state index is 0.473. The Labute approximate surface area is 280 Å². The SMILES string of the molecule is COc1cc(N2CCC(N3CCN(C)CC3)CC2)ccc1Nc1nc(N(C)c2ccc3nccnc3c2N(C)SC)c2cc[nH]c2n1. The third-order valence-corrected chi connectivity index (χ3v) is 10.3. The van der Waals surface area contributed by atoms with Crippen LogP contribution in [0.3, 0.4) is 0 Å². The molecule has 0 bridgehead atoms. The van der Waals surface area contributed by atoms with Crippen LogP contribution in [0.2, 0.25) is 0 Å². The number of aromatic nitrogens is 5. The predicted molar refractivity (Wildman–Crippen MR) is 194 cm³/mol. The number of nitrogens with zero attached hydrogens (tertiary/aromatic N) is 9. The van der Waals surface area contributed by atoms with Crippen molar-refractivity contribution in [3.63, 3.8) is 0 Å². The van der Waals surface area contributed by atoms with Gasteiger partial charge in [-0.15, -0.1) is 0 Å². The molecule has 0 unspecified atom stereocenters. The summed E-state index contributed by atoms with van der Waals surface area (Å²) in [5.41, 5.74) is 6.32. The Morgan fingerprint density at radius 1 is 0.957 bits per heavy atom. The van der Waals surface area contributed by atoms with Gasteiger partial charge in [0.15, 0.2) is 0 Å². The van der Waals surface area contributed by atoms with Crippen LogP contribution in [0.1, 0.15) is 12.8 Å². The maximum atomic E-state index is 5.89. The van der Waals surface area contributed by atoms with Crippen molar-refractivity contribution in [3.05, 3.63) is 55.0 Å². The Kier molecular flexibility index (Phi) is 8.93. The van der Waals surface area contributed by atoms with Crippen LogP contribution in [0.4, 0.5) is 34.5 Å². The highest BCUT2D eigenvalue weighted by atomic mass is 32.2. The number of nitrogens with one attached hydrogen (secondary N) is 2. The number of hydrogen-bond donors (Lipinski definition) is 2. The molecule has 0 atom stereocenters. The molecular formula is C34H43N11OS. The first-order chi connectivity index (χ1) is 22.9. The van der Waals surface area contributed by atoms with Gasteiger partial charge >= 0.3 is 0 Å². The Morgan fingerprint density at radius 2 is 1.74 bits per heavy atom. The summed E-state index contributed by atoms with van der Waals surface area (Å²) in [6, 6.07) is 13.1. The van der Waals surface area contributed by atoms with E-state index in [1.54, 1.807) is 31.5 Å². The molecule has 5 aromatic rings. The average molecular weight is 654 g/mol. The second-order valence-corrected chi connectivity index (χ2v) is 13.2. The van der Waals surface area contributed by atoms with Gasteiger partial charge < -0.3 is 34.0 Å². The molecule has 47 heavy (non-hydrogen) atoms. The molecule has 246 valence electrons. The first kappa shape index (κ1) is 31.3. The quantitative estimate of drug-likeness (QED) is 0.200. The lowest BCUT2D eigenvalue weighted by Crippen LogP contribution is -2.52. The summed E-state index contributed by atoms with van der Waals surface area (Å²) in [6.45, 7) is 6.78. The molecule has 0 aliphatic carbocycles. The maximum absolute atomic E-state index is 5.89. The van der Waals surface area contributed by atoms with Crippen LogP contribution in [0.25, 0.3) is 22.1 Å². The highest BCUT2D eigenvalue weighted by Crippen LogP contribution is 2.41. The monoisotopic (exact) mass is 653 g/mol. The van der Waals surface area contributed by atoms with E-state index in [2.05, 4.69) is 75.5 Å². The van der Waals surface area contributed by atoms with Crippen LogP contribution in [-0.4, -0.2) is 115 Å². The number of anilines is 6. The molecule has 2 aliphatic rings. The number of rotatable bonds is 9.